The van der Waals surface area contributed by atoms with Crippen molar-refractivity contribution < 1.29 is 4.57 Å². The Morgan fingerprint density at radius 1 is 0.806 bits per heavy atom. The maximum atomic E-state index is 2.45. The quantitative estimate of drug-likeness (QED) is 0.380. The Hall–Kier alpha value is -2.15. The first-order chi connectivity index (χ1) is 14.3. The van der Waals surface area contributed by atoms with E-state index >= 15 is 0 Å². The molecule has 0 aliphatic carbocycles. The number of fused-ring (bicyclic) bond motifs is 1. The van der Waals surface area contributed by atoms with Crippen molar-refractivity contribution in [3.8, 4) is 11.3 Å². The van der Waals surface area contributed by atoms with Crippen molar-refractivity contribution in [1.29, 1.82) is 0 Å². The van der Waals surface area contributed by atoms with Crippen LogP contribution in [-0.2, 0) is 12.5 Å². The molecule has 0 atom stereocenters. The van der Waals surface area contributed by atoms with Gasteiger partial charge < -0.3 is 0 Å². The van der Waals surface area contributed by atoms with Crippen LogP contribution in [0.5, 0.6) is 0 Å². The predicted molar refractivity (Wildman–Crippen MR) is 136 cm³/mol. The van der Waals surface area contributed by atoms with Crippen molar-refractivity contribution in [2.45, 2.75) is 80.6 Å². The molecule has 0 aliphatic rings. The fourth-order valence-electron chi connectivity index (χ4n) is 5.21. The lowest BCUT2D eigenvalue weighted by Crippen LogP contribution is -2.35. The molecule has 0 unspecified atom stereocenters. The summed E-state index contributed by atoms with van der Waals surface area (Å²) in [6.07, 6.45) is 0. The van der Waals surface area contributed by atoms with Crippen LogP contribution in [0, 0.1) is 32.6 Å². The van der Waals surface area contributed by atoms with Crippen LogP contribution in [0.3, 0.4) is 0 Å². The molecule has 0 fully saturated rings. The highest BCUT2D eigenvalue weighted by atomic mass is 14.9. The van der Waals surface area contributed by atoms with E-state index in [1.807, 2.05) is 0 Å². The van der Waals surface area contributed by atoms with Gasteiger partial charge in [-0.25, -0.2) is 0 Å². The predicted octanol–water partition coefficient (Wildman–Crippen LogP) is 7.95. The Morgan fingerprint density at radius 2 is 1.42 bits per heavy atom. The summed E-state index contributed by atoms with van der Waals surface area (Å²) >= 11 is 0. The van der Waals surface area contributed by atoms with Gasteiger partial charge in [0.25, 0.3) is 0 Å². The minimum atomic E-state index is 0.125. The van der Waals surface area contributed by atoms with Crippen molar-refractivity contribution in [1.82, 2.24) is 0 Å². The molecular weight excluding hydrogens is 374 g/mol. The topological polar surface area (TPSA) is 3.88 Å². The van der Waals surface area contributed by atoms with Gasteiger partial charge in [-0.1, -0.05) is 66.7 Å². The number of rotatable bonds is 4. The highest BCUT2D eigenvalue weighted by molar-refractivity contribution is 5.94. The number of nitrogens with zero attached hydrogens (tertiary/aromatic N) is 1. The zero-order valence-electron chi connectivity index (χ0n) is 21.6. The molecule has 0 saturated heterocycles. The molecule has 2 aromatic carbocycles. The third kappa shape index (κ3) is 4.43. The van der Waals surface area contributed by atoms with Crippen LogP contribution in [0.1, 0.15) is 82.3 Å². The third-order valence-electron chi connectivity index (χ3n) is 7.17. The first-order valence-corrected chi connectivity index (χ1v) is 11.9. The molecule has 1 aromatic heterocycles. The number of aromatic nitrogens is 1. The van der Waals surface area contributed by atoms with Crippen molar-refractivity contribution in [2.75, 3.05) is 0 Å². The molecular formula is C30H42N+. The Balaban J connectivity index is 2.34. The normalized spacial score (nSPS) is 12.6. The van der Waals surface area contributed by atoms with E-state index in [4.69, 9.17) is 0 Å². The summed E-state index contributed by atoms with van der Waals surface area (Å²) in [5.74, 6) is 1.84. The van der Waals surface area contributed by atoms with E-state index in [1.165, 1.54) is 50.0 Å². The molecule has 0 amide bonds. The molecule has 31 heavy (non-hydrogen) atoms. The highest BCUT2D eigenvalue weighted by Crippen LogP contribution is 2.37. The van der Waals surface area contributed by atoms with Gasteiger partial charge in [0.15, 0.2) is 5.69 Å². The lowest BCUT2D eigenvalue weighted by Gasteiger charge is -2.26. The fourth-order valence-corrected chi connectivity index (χ4v) is 5.21. The van der Waals surface area contributed by atoms with Gasteiger partial charge in [-0.05, 0) is 76.8 Å². The van der Waals surface area contributed by atoms with E-state index in [-0.39, 0.29) is 5.41 Å². The molecule has 1 heteroatoms. The molecule has 3 rings (SSSR count). The second-order valence-corrected chi connectivity index (χ2v) is 11.3. The van der Waals surface area contributed by atoms with Gasteiger partial charge in [-0.3, -0.25) is 0 Å². The van der Waals surface area contributed by atoms with E-state index < -0.39 is 0 Å². The highest BCUT2D eigenvalue weighted by Gasteiger charge is 2.25. The van der Waals surface area contributed by atoms with Gasteiger partial charge in [0, 0.05) is 13.0 Å². The standard InChI is InChI=1S/C30H42N/c1-18(2)28(19(3)4)23-12-13-26-24(16-23)15-21(6)31(11)29(26)27-17-25(30(8,9)10)14-20(5)22(27)7/h12-19,28H,1-11H3/q+1. The van der Waals surface area contributed by atoms with E-state index in [0.29, 0.717) is 17.8 Å². The van der Waals surface area contributed by atoms with Crippen LogP contribution in [0.15, 0.2) is 36.4 Å². The molecule has 0 aliphatic heterocycles. The molecule has 166 valence electrons. The van der Waals surface area contributed by atoms with Gasteiger partial charge in [0.1, 0.15) is 7.05 Å². The lowest BCUT2D eigenvalue weighted by molar-refractivity contribution is -0.665. The van der Waals surface area contributed by atoms with Crippen molar-refractivity contribution in [3.63, 3.8) is 0 Å². The molecule has 1 heterocycles. The van der Waals surface area contributed by atoms with Crippen LogP contribution in [0.25, 0.3) is 22.0 Å². The fraction of sp³-hybridized carbons (Fsp3) is 0.500. The molecule has 0 N–H and O–H groups in total. The van der Waals surface area contributed by atoms with E-state index in [0.717, 1.165) is 0 Å². The van der Waals surface area contributed by atoms with Crippen LogP contribution in [0.4, 0.5) is 0 Å². The average Bonchev–Trinajstić information content (AvgIpc) is 2.64. The number of hydrogen-bond acceptors (Lipinski definition) is 0. The lowest BCUT2D eigenvalue weighted by atomic mass is 9.79. The molecule has 0 saturated carbocycles. The molecule has 0 bridgehead atoms. The summed E-state index contributed by atoms with van der Waals surface area (Å²) < 4.78 is 2.37. The first-order valence-electron chi connectivity index (χ1n) is 11.9. The van der Waals surface area contributed by atoms with E-state index in [9.17, 15) is 0 Å². The second-order valence-electron chi connectivity index (χ2n) is 11.3. The zero-order valence-corrected chi connectivity index (χ0v) is 21.6. The summed E-state index contributed by atoms with van der Waals surface area (Å²) in [6.45, 7) is 23.1. The van der Waals surface area contributed by atoms with Gasteiger partial charge in [0.05, 0.1) is 10.9 Å². The van der Waals surface area contributed by atoms with Crippen molar-refractivity contribution in [3.05, 3.63) is 64.3 Å². The van der Waals surface area contributed by atoms with Crippen molar-refractivity contribution in [2.24, 2.45) is 18.9 Å². The monoisotopic (exact) mass is 416 g/mol. The van der Waals surface area contributed by atoms with Gasteiger partial charge in [0.2, 0.25) is 5.69 Å². The molecule has 0 spiro atoms. The summed E-state index contributed by atoms with van der Waals surface area (Å²) in [4.78, 5) is 0. The van der Waals surface area contributed by atoms with Crippen LogP contribution in [-0.4, -0.2) is 0 Å². The minimum absolute atomic E-state index is 0.125. The zero-order chi connectivity index (χ0) is 23.2. The van der Waals surface area contributed by atoms with Crippen LogP contribution < -0.4 is 4.57 Å². The Bertz CT molecular complexity index is 1100. The van der Waals surface area contributed by atoms with Crippen molar-refractivity contribution >= 4 is 10.8 Å². The SMILES string of the molecule is Cc1cc(C(C)(C)C)cc(-c2c3ccc(C(C(C)C)C(C)C)cc3cc(C)[n+]2C)c1C. The summed E-state index contributed by atoms with van der Waals surface area (Å²) in [6, 6.07) is 14.3. The largest absolute Gasteiger partial charge is 0.220 e. The Morgan fingerprint density at radius 3 is 1.97 bits per heavy atom. The summed E-state index contributed by atoms with van der Waals surface area (Å²) in [5, 5.41) is 2.70. The summed E-state index contributed by atoms with van der Waals surface area (Å²) in [5.41, 5.74) is 9.72. The van der Waals surface area contributed by atoms with Crippen LogP contribution >= 0.6 is 0 Å². The maximum absolute atomic E-state index is 2.45. The Kier molecular flexibility index (Phi) is 6.38. The van der Waals surface area contributed by atoms with E-state index in [2.05, 4.69) is 117 Å². The minimum Gasteiger partial charge on any atom is -0.198 e. The van der Waals surface area contributed by atoms with E-state index in [1.54, 1.807) is 0 Å². The summed E-state index contributed by atoms with van der Waals surface area (Å²) in [7, 11) is 2.21. The Labute approximate surface area is 190 Å². The number of hydrogen-bond donors (Lipinski definition) is 0. The number of benzene rings is 2. The average molecular weight is 417 g/mol. The van der Waals surface area contributed by atoms with Gasteiger partial charge >= 0.3 is 0 Å². The van der Waals surface area contributed by atoms with Gasteiger partial charge in [-0.15, -0.1) is 0 Å². The maximum Gasteiger partial charge on any atom is 0.220 e. The van der Waals surface area contributed by atoms with Gasteiger partial charge in [-0.2, -0.15) is 4.57 Å². The molecule has 1 nitrogen and oxygen atoms in total. The molecule has 3 aromatic rings. The van der Waals surface area contributed by atoms with Crippen LogP contribution in [0.2, 0.25) is 0 Å². The number of aryl methyl sites for hydroxylation is 2. The number of pyridine rings is 1. The second kappa shape index (κ2) is 8.41. The first kappa shape index (κ1) is 23.5. The molecule has 0 radical (unpaired) electrons. The third-order valence-corrected chi connectivity index (χ3v) is 7.17. The smallest absolute Gasteiger partial charge is 0.198 e.